The number of nitrogens with zero attached hydrogens (tertiary/aromatic N) is 2. The van der Waals surface area contributed by atoms with Gasteiger partial charge in [-0.2, -0.15) is 4.98 Å². The largest absolute Gasteiger partial charge is 0.338 e. The van der Waals surface area contributed by atoms with Gasteiger partial charge in [0.2, 0.25) is 11.7 Å². The fourth-order valence-corrected chi connectivity index (χ4v) is 3.01. The minimum atomic E-state index is 0.231. The zero-order valence-electron chi connectivity index (χ0n) is 12.1. The van der Waals surface area contributed by atoms with Crippen LogP contribution in [0.3, 0.4) is 0 Å². The highest BCUT2D eigenvalue weighted by atomic mass is 35.5. The molecule has 1 aromatic carbocycles. The molecule has 1 N–H and O–H groups in total. The average molecular weight is 334 g/mol. The number of benzene rings is 1. The first-order valence-electron chi connectivity index (χ1n) is 7.11. The van der Waals surface area contributed by atoms with Crippen LogP contribution in [0.2, 0.25) is 5.02 Å². The first-order valence-corrected chi connectivity index (χ1v) is 8.37. The molecule has 1 unspecified atom stereocenters. The number of rotatable bonds is 6. The highest BCUT2D eigenvalue weighted by molar-refractivity contribution is 7.13. The van der Waals surface area contributed by atoms with E-state index in [0.717, 1.165) is 16.3 Å². The summed E-state index contributed by atoms with van der Waals surface area (Å²) in [6.45, 7) is 2.68. The van der Waals surface area contributed by atoms with E-state index in [1.807, 2.05) is 41.8 Å². The van der Waals surface area contributed by atoms with Crippen molar-refractivity contribution in [1.29, 1.82) is 0 Å². The zero-order chi connectivity index (χ0) is 15.4. The van der Waals surface area contributed by atoms with Gasteiger partial charge in [-0.3, -0.25) is 0 Å². The molecule has 22 heavy (non-hydrogen) atoms. The molecule has 0 radical (unpaired) electrons. The number of thiophene rings is 1. The number of hydrogen-bond donors (Lipinski definition) is 1. The Labute approximate surface area is 138 Å². The molecule has 114 valence electrons. The van der Waals surface area contributed by atoms with Crippen LogP contribution in [0.25, 0.3) is 10.7 Å². The molecule has 3 rings (SSSR count). The van der Waals surface area contributed by atoms with Crippen molar-refractivity contribution in [3.05, 3.63) is 58.3 Å². The molecule has 0 fully saturated rings. The Morgan fingerprint density at radius 3 is 2.77 bits per heavy atom. The molecule has 0 spiro atoms. The summed E-state index contributed by atoms with van der Waals surface area (Å²) in [6, 6.07) is 12.1. The lowest BCUT2D eigenvalue weighted by molar-refractivity contribution is 0.356. The van der Waals surface area contributed by atoms with E-state index in [2.05, 4.69) is 22.4 Å². The minimum Gasteiger partial charge on any atom is -0.338 e. The van der Waals surface area contributed by atoms with Crippen molar-refractivity contribution in [3.8, 4) is 10.7 Å². The summed E-state index contributed by atoms with van der Waals surface area (Å²) in [4.78, 5) is 5.43. The Hall–Kier alpha value is -1.69. The zero-order valence-corrected chi connectivity index (χ0v) is 13.7. The summed E-state index contributed by atoms with van der Waals surface area (Å²) >= 11 is 7.53. The number of hydrogen-bond acceptors (Lipinski definition) is 5. The van der Waals surface area contributed by atoms with Crippen LogP contribution >= 0.6 is 22.9 Å². The van der Waals surface area contributed by atoms with E-state index in [4.69, 9.17) is 16.1 Å². The van der Waals surface area contributed by atoms with Crippen LogP contribution < -0.4 is 5.32 Å². The smallest absolute Gasteiger partial charge is 0.240 e. The summed E-state index contributed by atoms with van der Waals surface area (Å²) in [6.07, 6.45) is 0.966. The maximum absolute atomic E-state index is 5.93. The van der Waals surface area contributed by atoms with Crippen molar-refractivity contribution >= 4 is 22.9 Å². The van der Waals surface area contributed by atoms with E-state index < -0.39 is 0 Å². The number of nitrogens with one attached hydrogen (secondary N) is 1. The van der Waals surface area contributed by atoms with Gasteiger partial charge in [0.05, 0.1) is 11.4 Å². The van der Waals surface area contributed by atoms with Gasteiger partial charge >= 0.3 is 0 Å². The SMILES string of the molecule is CCC(NCc1nc(-c2cccs2)no1)c1ccc(Cl)cc1. The van der Waals surface area contributed by atoms with Crippen LogP contribution in [-0.2, 0) is 6.54 Å². The average Bonchev–Trinajstić information content (AvgIpc) is 3.20. The summed E-state index contributed by atoms with van der Waals surface area (Å²) in [5.74, 6) is 1.24. The molecule has 0 saturated heterocycles. The lowest BCUT2D eigenvalue weighted by Crippen LogP contribution is -2.20. The van der Waals surface area contributed by atoms with E-state index in [1.54, 1.807) is 11.3 Å². The maximum Gasteiger partial charge on any atom is 0.240 e. The van der Waals surface area contributed by atoms with Gasteiger partial charge < -0.3 is 9.84 Å². The summed E-state index contributed by atoms with van der Waals surface area (Å²) < 4.78 is 5.30. The molecular weight excluding hydrogens is 318 g/mol. The topological polar surface area (TPSA) is 51.0 Å². The Morgan fingerprint density at radius 2 is 2.09 bits per heavy atom. The van der Waals surface area contributed by atoms with Crippen molar-refractivity contribution in [1.82, 2.24) is 15.5 Å². The minimum absolute atomic E-state index is 0.231. The van der Waals surface area contributed by atoms with E-state index in [-0.39, 0.29) is 6.04 Å². The van der Waals surface area contributed by atoms with Gasteiger partial charge in [-0.15, -0.1) is 11.3 Å². The van der Waals surface area contributed by atoms with Gasteiger partial charge in [-0.1, -0.05) is 41.9 Å². The summed E-state index contributed by atoms with van der Waals surface area (Å²) in [5.41, 5.74) is 1.20. The summed E-state index contributed by atoms with van der Waals surface area (Å²) in [5, 5.41) is 10.2. The fraction of sp³-hybridized carbons (Fsp3) is 0.250. The van der Waals surface area contributed by atoms with Gasteiger partial charge in [-0.05, 0) is 35.6 Å². The normalized spacial score (nSPS) is 12.5. The van der Waals surface area contributed by atoms with E-state index >= 15 is 0 Å². The molecule has 0 aliphatic rings. The molecule has 0 amide bonds. The third-order valence-electron chi connectivity index (χ3n) is 3.39. The van der Waals surface area contributed by atoms with Crippen molar-refractivity contribution in [2.24, 2.45) is 0 Å². The van der Waals surface area contributed by atoms with E-state index in [0.29, 0.717) is 18.3 Å². The van der Waals surface area contributed by atoms with Crippen molar-refractivity contribution in [2.75, 3.05) is 0 Å². The standard InChI is InChI=1S/C16H16ClN3OS/c1-2-13(11-5-7-12(17)8-6-11)18-10-15-19-16(20-21-15)14-4-3-9-22-14/h3-9,13,18H,2,10H2,1H3. The monoisotopic (exact) mass is 333 g/mol. The molecule has 6 heteroatoms. The second kappa shape index (κ2) is 7.05. The molecular formula is C16H16ClN3OS. The predicted octanol–water partition coefficient (Wildman–Crippen LogP) is 4.69. The number of aromatic nitrogens is 2. The van der Waals surface area contributed by atoms with Crippen molar-refractivity contribution < 1.29 is 4.52 Å². The predicted molar refractivity (Wildman–Crippen MR) is 88.9 cm³/mol. The molecule has 0 aliphatic carbocycles. The Bertz CT molecular complexity index is 709. The Balaban J connectivity index is 1.64. The van der Waals surface area contributed by atoms with Gasteiger partial charge in [0.1, 0.15) is 0 Å². The van der Waals surface area contributed by atoms with Crippen LogP contribution in [-0.4, -0.2) is 10.1 Å². The molecule has 3 aromatic rings. The first kappa shape index (κ1) is 15.2. The van der Waals surface area contributed by atoms with Gasteiger partial charge in [0.25, 0.3) is 0 Å². The highest BCUT2D eigenvalue weighted by Gasteiger charge is 2.13. The molecule has 2 heterocycles. The third-order valence-corrected chi connectivity index (χ3v) is 4.51. The van der Waals surface area contributed by atoms with Crippen LogP contribution in [0, 0.1) is 0 Å². The Morgan fingerprint density at radius 1 is 1.27 bits per heavy atom. The van der Waals surface area contributed by atoms with Crippen LogP contribution in [0.4, 0.5) is 0 Å². The maximum atomic E-state index is 5.93. The number of halogens is 1. The Kier molecular flexibility index (Phi) is 4.87. The first-order chi connectivity index (χ1) is 10.8. The van der Waals surface area contributed by atoms with Crippen molar-refractivity contribution in [3.63, 3.8) is 0 Å². The lowest BCUT2D eigenvalue weighted by Gasteiger charge is -2.16. The quantitative estimate of drug-likeness (QED) is 0.710. The van der Waals surface area contributed by atoms with Crippen LogP contribution in [0.1, 0.15) is 30.8 Å². The highest BCUT2D eigenvalue weighted by Crippen LogP contribution is 2.22. The van der Waals surface area contributed by atoms with Gasteiger partial charge in [0.15, 0.2) is 0 Å². The fourth-order valence-electron chi connectivity index (χ4n) is 2.24. The summed E-state index contributed by atoms with van der Waals surface area (Å²) in [7, 11) is 0. The van der Waals surface area contributed by atoms with Crippen LogP contribution in [0.5, 0.6) is 0 Å². The molecule has 1 atom stereocenters. The van der Waals surface area contributed by atoms with Gasteiger partial charge in [-0.25, -0.2) is 0 Å². The van der Waals surface area contributed by atoms with Crippen molar-refractivity contribution in [2.45, 2.75) is 25.9 Å². The van der Waals surface area contributed by atoms with Gasteiger partial charge in [0, 0.05) is 11.1 Å². The van der Waals surface area contributed by atoms with E-state index in [1.165, 1.54) is 5.56 Å². The van der Waals surface area contributed by atoms with Crippen LogP contribution in [0.15, 0.2) is 46.3 Å². The molecule has 0 aliphatic heterocycles. The third kappa shape index (κ3) is 3.55. The lowest BCUT2D eigenvalue weighted by atomic mass is 10.0. The van der Waals surface area contributed by atoms with E-state index in [9.17, 15) is 0 Å². The molecule has 4 nitrogen and oxygen atoms in total. The molecule has 0 bridgehead atoms. The molecule has 0 saturated carbocycles. The molecule has 2 aromatic heterocycles. The second-order valence-corrected chi connectivity index (χ2v) is 6.27. The second-order valence-electron chi connectivity index (χ2n) is 4.88.